The molecule has 7 nitrogen and oxygen atoms in total. The molecule has 0 saturated heterocycles. The van der Waals surface area contributed by atoms with Crippen LogP contribution in [-0.2, 0) is 35.0 Å². The zero-order valence-electron chi connectivity index (χ0n) is 23.3. The number of aromatic nitrogens is 3. The fraction of sp³-hybridized carbons (Fsp3) is 0.344. The Morgan fingerprint density at radius 1 is 0.975 bits per heavy atom. The van der Waals surface area contributed by atoms with Crippen LogP contribution in [-0.4, -0.2) is 32.0 Å². The number of nitrogens with zero attached hydrogens (tertiary/aromatic N) is 3. The lowest BCUT2D eigenvalue weighted by Crippen LogP contribution is -2.26. The third kappa shape index (κ3) is 7.41. The molecule has 0 radical (unpaired) electrons. The van der Waals surface area contributed by atoms with Crippen molar-refractivity contribution >= 4 is 28.6 Å². The predicted octanol–water partition coefficient (Wildman–Crippen LogP) is 6.49. The van der Waals surface area contributed by atoms with Gasteiger partial charge in [0.05, 0.1) is 18.7 Å². The van der Waals surface area contributed by atoms with Gasteiger partial charge in [0.2, 0.25) is 0 Å². The smallest absolute Gasteiger partial charge is 0.350 e. The molecule has 0 bridgehead atoms. The van der Waals surface area contributed by atoms with Crippen molar-refractivity contribution in [3.05, 3.63) is 99.7 Å². The third-order valence-corrected chi connectivity index (χ3v) is 7.56. The van der Waals surface area contributed by atoms with E-state index in [1.807, 2.05) is 54.0 Å². The van der Waals surface area contributed by atoms with Crippen LogP contribution in [0.3, 0.4) is 0 Å². The van der Waals surface area contributed by atoms with Crippen LogP contribution in [0.4, 0.5) is 0 Å². The third-order valence-electron chi connectivity index (χ3n) is 6.68. The van der Waals surface area contributed by atoms with E-state index in [0.717, 1.165) is 39.9 Å². The van der Waals surface area contributed by atoms with Gasteiger partial charge >= 0.3 is 11.7 Å². The van der Waals surface area contributed by atoms with Gasteiger partial charge in [-0.3, -0.25) is 9.36 Å². The summed E-state index contributed by atoms with van der Waals surface area (Å²) in [5.74, 6) is 0.878. The quantitative estimate of drug-likeness (QED) is 0.132. The van der Waals surface area contributed by atoms with Crippen molar-refractivity contribution in [1.82, 2.24) is 14.3 Å². The van der Waals surface area contributed by atoms with Crippen molar-refractivity contribution in [2.24, 2.45) is 5.92 Å². The summed E-state index contributed by atoms with van der Waals surface area (Å²) in [5, 5.41) is 14.0. The summed E-state index contributed by atoms with van der Waals surface area (Å²) in [5.41, 5.74) is 5.77. The second-order valence-electron chi connectivity index (χ2n) is 10.3. The number of hydrogen-bond donors (Lipinski definition) is 1. The number of rotatable bonds is 13. The summed E-state index contributed by atoms with van der Waals surface area (Å²) in [4.78, 5) is 24.6. The zero-order valence-corrected chi connectivity index (χ0v) is 25.4. The van der Waals surface area contributed by atoms with Gasteiger partial charge in [0.1, 0.15) is 11.6 Å². The monoisotopic (exact) mass is 653 g/mol. The molecule has 0 aliphatic rings. The second-order valence-corrected chi connectivity index (χ2v) is 11.1. The van der Waals surface area contributed by atoms with Gasteiger partial charge in [0.25, 0.3) is 0 Å². The number of hydrogen-bond acceptors (Lipinski definition) is 4. The minimum absolute atomic E-state index is 0.0807. The normalized spacial score (nSPS) is 11.2. The Bertz CT molecular complexity index is 1490. The molecule has 1 aromatic heterocycles. The lowest BCUT2D eigenvalue weighted by atomic mass is 9.98. The number of alkyl halides is 1. The minimum Gasteiger partial charge on any atom is -0.494 e. The van der Waals surface area contributed by atoms with Crippen LogP contribution in [0.25, 0.3) is 16.8 Å². The van der Waals surface area contributed by atoms with Crippen LogP contribution >= 0.6 is 22.6 Å². The van der Waals surface area contributed by atoms with Crippen molar-refractivity contribution in [2.75, 3.05) is 6.61 Å². The molecule has 8 heteroatoms. The van der Waals surface area contributed by atoms with E-state index in [1.165, 1.54) is 15.8 Å². The molecule has 0 unspecified atom stereocenters. The van der Waals surface area contributed by atoms with Gasteiger partial charge in [-0.25, -0.2) is 4.79 Å². The summed E-state index contributed by atoms with van der Waals surface area (Å²) in [6, 6.07) is 22.1. The molecule has 1 heterocycles. The fourth-order valence-electron chi connectivity index (χ4n) is 4.74. The predicted molar refractivity (Wildman–Crippen MR) is 167 cm³/mol. The van der Waals surface area contributed by atoms with Crippen LogP contribution in [0.5, 0.6) is 5.75 Å². The van der Waals surface area contributed by atoms with Crippen LogP contribution in [0.1, 0.15) is 49.7 Å². The first-order valence-electron chi connectivity index (χ1n) is 13.7. The Balaban J connectivity index is 1.46. The maximum Gasteiger partial charge on any atom is 0.350 e. The van der Waals surface area contributed by atoms with Gasteiger partial charge in [-0.2, -0.15) is 4.68 Å². The average molecular weight is 654 g/mol. The van der Waals surface area contributed by atoms with E-state index in [4.69, 9.17) is 9.84 Å². The molecule has 210 valence electrons. The Morgan fingerprint density at radius 3 is 2.27 bits per heavy atom. The number of aliphatic carboxylic acids is 1. The molecule has 1 N–H and O–H groups in total. The maximum atomic E-state index is 13.2. The standard InChI is InChI=1S/C32H36IN3O4/c1-4-40-29-17-14-26(18-27(29)19-31(37)38)25-12-8-23(9-13-25)6-5-7-30-34-36(32(39)35(30)21-22(2)3)28-15-10-24(20-33)11-16-28/h8-18,22H,4-7,19-21H2,1-3H3,(H,37,38). The van der Waals surface area contributed by atoms with E-state index in [1.54, 1.807) is 0 Å². The van der Waals surface area contributed by atoms with Crippen molar-refractivity contribution in [2.45, 2.75) is 57.4 Å². The topological polar surface area (TPSA) is 86.4 Å². The Morgan fingerprint density at radius 2 is 1.65 bits per heavy atom. The lowest BCUT2D eigenvalue weighted by molar-refractivity contribution is -0.136. The molecule has 3 aromatic carbocycles. The minimum atomic E-state index is -0.883. The second kappa shape index (κ2) is 13.8. The molecular formula is C32H36IN3O4. The Kier molecular flexibility index (Phi) is 10.2. The highest BCUT2D eigenvalue weighted by atomic mass is 127. The first kappa shape index (κ1) is 29.6. The number of carboxylic acids is 1. The van der Waals surface area contributed by atoms with Crippen LogP contribution < -0.4 is 10.4 Å². The molecule has 0 aliphatic heterocycles. The summed E-state index contributed by atoms with van der Waals surface area (Å²) in [6.07, 6.45) is 2.36. The van der Waals surface area contributed by atoms with E-state index in [9.17, 15) is 14.7 Å². The van der Waals surface area contributed by atoms with Gasteiger partial charge in [0, 0.05) is 23.0 Å². The van der Waals surface area contributed by atoms with Crippen molar-refractivity contribution in [3.63, 3.8) is 0 Å². The van der Waals surface area contributed by atoms with Crippen molar-refractivity contribution < 1.29 is 14.6 Å². The first-order valence-corrected chi connectivity index (χ1v) is 15.2. The average Bonchev–Trinajstić information content (AvgIpc) is 3.24. The molecule has 0 saturated carbocycles. The summed E-state index contributed by atoms with van der Waals surface area (Å²) in [7, 11) is 0. The first-order chi connectivity index (χ1) is 19.3. The van der Waals surface area contributed by atoms with Crippen LogP contribution in [0.2, 0.25) is 0 Å². The molecule has 4 aromatic rings. The number of ether oxygens (including phenoxy) is 1. The number of benzene rings is 3. The SMILES string of the molecule is CCOc1ccc(-c2ccc(CCCc3nn(-c4ccc(CI)cc4)c(=O)n3CC(C)C)cc2)cc1CC(=O)O. The number of carboxylic acid groups (broad SMARTS) is 1. The molecule has 0 aliphatic carbocycles. The largest absolute Gasteiger partial charge is 0.494 e. The van der Waals surface area contributed by atoms with Gasteiger partial charge in [-0.1, -0.05) is 78.9 Å². The molecule has 0 fully saturated rings. The van der Waals surface area contributed by atoms with Gasteiger partial charge in [-0.15, -0.1) is 5.10 Å². The van der Waals surface area contributed by atoms with Gasteiger partial charge < -0.3 is 9.84 Å². The fourth-order valence-corrected chi connectivity index (χ4v) is 5.24. The van der Waals surface area contributed by atoms with Crippen LogP contribution in [0.15, 0.2) is 71.5 Å². The molecule has 4 rings (SSSR count). The highest BCUT2D eigenvalue weighted by molar-refractivity contribution is 14.1. The molecule has 0 atom stereocenters. The number of carbonyl (C=O) groups is 1. The molecule has 40 heavy (non-hydrogen) atoms. The summed E-state index contributed by atoms with van der Waals surface area (Å²) < 4.78 is 9.88. The number of halogens is 1. The highest BCUT2D eigenvalue weighted by Gasteiger charge is 2.16. The molecule has 0 spiro atoms. The lowest BCUT2D eigenvalue weighted by Gasteiger charge is -2.12. The molecule has 0 amide bonds. The van der Waals surface area contributed by atoms with Crippen molar-refractivity contribution in [3.8, 4) is 22.6 Å². The maximum absolute atomic E-state index is 13.2. The van der Waals surface area contributed by atoms with Gasteiger partial charge in [-0.05, 0) is 72.2 Å². The molecular weight excluding hydrogens is 617 g/mol. The van der Waals surface area contributed by atoms with E-state index in [0.29, 0.717) is 36.8 Å². The van der Waals surface area contributed by atoms with E-state index in [2.05, 4.69) is 60.7 Å². The van der Waals surface area contributed by atoms with E-state index >= 15 is 0 Å². The summed E-state index contributed by atoms with van der Waals surface area (Å²) in [6.45, 7) is 7.23. The van der Waals surface area contributed by atoms with E-state index < -0.39 is 5.97 Å². The van der Waals surface area contributed by atoms with Crippen LogP contribution in [0, 0.1) is 5.92 Å². The Labute approximate surface area is 249 Å². The summed E-state index contributed by atoms with van der Waals surface area (Å²) >= 11 is 2.33. The Hall–Kier alpha value is -3.40. The highest BCUT2D eigenvalue weighted by Crippen LogP contribution is 2.28. The van der Waals surface area contributed by atoms with Crippen molar-refractivity contribution in [1.29, 1.82) is 0 Å². The zero-order chi connectivity index (χ0) is 28.6. The van der Waals surface area contributed by atoms with E-state index in [-0.39, 0.29) is 12.1 Å². The van der Waals surface area contributed by atoms with Gasteiger partial charge in [0.15, 0.2) is 0 Å². The number of aryl methyl sites for hydroxylation is 2.